The van der Waals surface area contributed by atoms with Crippen LogP contribution in [0, 0.1) is 5.82 Å². The van der Waals surface area contributed by atoms with E-state index in [2.05, 4.69) is 31.1 Å². The molecule has 1 saturated heterocycles. The summed E-state index contributed by atoms with van der Waals surface area (Å²) in [4.78, 5) is 67.5. The molecule has 2 aliphatic rings. The van der Waals surface area contributed by atoms with Crippen molar-refractivity contribution in [1.82, 2.24) is 40.7 Å². The highest BCUT2D eigenvalue weighted by molar-refractivity contribution is 8.00. The number of fused-ring (bicyclic) bond motifs is 1. The number of rotatable bonds is 8. The van der Waals surface area contributed by atoms with Gasteiger partial charge in [-0.25, -0.2) is 13.9 Å². The number of nitrogens with zero attached hydrogens (tertiary/aromatic N) is 5. The average Bonchev–Trinajstić information content (AvgIpc) is 3.40. The monoisotopic (exact) mass is 614 g/mol. The molecule has 3 atom stereocenters. The minimum Gasteiger partial charge on any atom is -0.505 e. The molecular weight excluding hydrogens is 595 g/mol. The number of thiocarbonyl (C=S) groups is 1. The van der Waals surface area contributed by atoms with Crippen molar-refractivity contribution in [3.63, 3.8) is 0 Å². The largest absolute Gasteiger partial charge is 0.505 e. The van der Waals surface area contributed by atoms with Gasteiger partial charge in [-0.2, -0.15) is 0 Å². The van der Waals surface area contributed by atoms with E-state index in [1.807, 2.05) is 0 Å². The number of halogens is 1. The number of hydrogen-bond acceptors (Lipinski definition) is 11. The molecule has 0 aliphatic carbocycles. The number of aromatic amines is 1. The lowest BCUT2D eigenvalue weighted by Gasteiger charge is -2.49. The zero-order chi connectivity index (χ0) is 30.3. The lowest BCUT2D eigenvalue weighted by Crippen LogP contribution is -2.71. The number of carboxylic acids is 1. The minimum atomic E-state index is -1.61. The molecule has 216 valence electrons. The van der Waals surface area contributed by atoms with E-state index in [-0.39, 0.29) is 38.8 Å². The van der Waals surface area contributed by atoms with Gasteiger partial charge in [-0.1, -0.05) is 18.3 Å². The first-order chi connectivity index (χ1) is 20.0. The van der Waals surface area contributed by atoms with Gasteiger partial charge in [0.1, 0.15) is 28.7 Å². The summed E-state index contributed by atoms with van der Waals surface area (Å²) in [6, 6.07) is 1.25. The van der Waals surface area contributed by atoms with Gasteiger partial charge in [-0.3, -0.25) is 24.1 Å². The summed E-state index contributed by atoms with van der Waals surface area (Å²) in [7, 11) is 1.52. The van der Waals surface area contributed by atoms with Crippen LogP contribution in [0.25, 0.3) is 0 Å². The van der Waals surface area contributed by atoms with E-state index in [1.54, 1.807) is 0 Å². The first kappa shape index (κ1) is 28.6. The number of tetrazole rings is 1. The number of aliphatic carboxylic acids is 1. The van der Waals surface area contributed by atoms with E-state index in [4.69, 9.17) is 12.2 Å². The van der Waals surface area contributed by atoms with Crippen LogP contribution in [0.5, 0.6) is 5.75 Å². The van der Waals surface area contributed by atoms with E-state index in [1.165, 1.54) is 24.0 Å². The van der Waals surface area contributed by atoms with Crippen molar-refractivity contribution in [3.8, 4) is 5.75 Å². The van der Waals surface area contributed by atoms with Crippen molar-refractivity contribution in [2.24, 2.45) is 7.05 Å². The van der Waals surface area contributed by atoms with Crippen LogP contribution < -0.4 is 16.1 Å². The third kappa shape index (κ3) is 5.00. The number of aromatic hydroxyl groups is 1. The van der Waals surface area contributed by atoms with E-state index in [0.29, 0.717) is 0 Å². The first-order valence-electron chi connectivity index (χ1n) is 11.9. The summed E-state index contributed by atoms with van der Waals surface area (Å²) in [5, 5.41) is 34.5. The first-order valence-corrected chi connectivity index (χ1v) is 13.4. The number of phenols is 1. The maximum atomic E-state index is 14.2. The number of benzene rings is 1. The number of thioether (sulfide) groups is 1. The molecule has 1 fully saturated rings. The summed E-state index contributed by atoms with van der Waals surface area (Å²) in [6.07, 6.45) is 2.42. The summed E-state index contributed by atoms with van der Waals surface area (Å²) in [6.45, 7) is 0. The lowest BCUT2D eigenvalue weighted by molar-refractivity contribution is -0.150. The number of pyridine rings is 1. The second-order valence-corrected chi connectivity index (χ2v) is 10.5. The number of aryl methyl sites for hydroxylation is 1. The normalized spacial score (nSPS) is 18.5. The van der Waals surface area contributed by atoms with Gasteiger partial charge in [0, 0.05) is 36.8 Å². The molecule has 3 aromatic rings. The molecule has 15 nitrogen and oxygen atoms in total. The lowest BCUT2D eigenvalue weighted by atomic mass is 9.99. The number of hydrogen-bond donors (Lipinski definition) is 5. The number of nitrogens with one attached hydrogen (secondary N) is 3. The number of carboxylic acid groups (broad SMARTS) is 1. The van der Waals surface area contributed by atoms with Gasteiger partial charge in [-0.15, -0.1) is 16.9 Å². The van der Waals surface area contributed by atoms with Gasteiger partial charge in [0.05, 0.1) is 4.86 Å². The van der Waals surface area contributed by atoms with Crippen LogP contribution >= 0.6 is 24.0 Å². The molecule has 0 bridgehead atoms. The number of β-lactam (4-membered cyclic amide) rings is 1. The SMILES string of the molecule is Cn1nnnc1C(=S)C1=C(C(=O)O)N2C(=O)C(NC(=O)C(NC(=O)c3c[nH]ccc3=O)c3ccc(O)c(F)c3)[C@@H]2SC1. The van der Waals surface area contributed by atoms with Crippen molar-refractivity contribution in [2.75, 3.05) is 5.75 Å². The van der Waals surface area contributed by atoms with Gasteiger partial charge in [0.15, 0.2) is 22.8 Å². The molecule has 4 heterocycles. The number of amides is 3. The summed E-state index contributed by atoms with van der Waals surface area (Å²) in [5.74, 6) is -5.71. The molecule has 5 rings (SSSR count). The third-order valence-electron chi connectivity index (χ3n) is 6.48. The predicted molar refractivity (Wildman–Crippen MR) is 146 cm³/mol. The average molecular weight is 615 g/mol. The van der Waals surface area contributed by atoms with Crippen molar-refractivity contribution < 1.29 is 33.8 Å². The smallest absolute Gasteiger partial charge is 0.353 e. The number of aromatic nitrogens is 5. The molecule has 3 amide bonds. The zero-order valence-corrected chi connectivity index (χ0v) is 22.9. The van der Waals surface area contributed by atoms with E-state index < -0.39 is 58.1 Å². The Morgan fingerprint density at radius 2 is 2.02 bits per heavy atom. The topological polar surface area (TPSA) is 212 Å². The Hall–Kier alpha value is -4.97. The molecule has 5 N–H and O–H groups in total. The van der Waals surface area contributed by atoms with E-state index in [9.17, 15) is 38.6 Å². The molecule has 2 unspecified atom stereocenters. The van der Waals surface area contributed by atoms with E-state index >= 15 is 0 Å². The number of phenolic OH excluding ortho intramolecular Hbond substituents is 1. The molecule has 2 aliphatic heterocycles. The molecular formula is C24H19FN8O7S2. The maximum Gasteiger partial charge on any atom is 0.353 e. The second-order valence-electron chi connectivity index (χ2n) is 9.02. The zero-order valence-electron chi connectivity index (χ0n) is 21.3. The fourth-order valence-corrected chi connectivity index (χ4v) is 6.18. The van der Waals surface area contributed by atoms with Gasteiger partial charge in [0.25, 0.3) is 11.8 Å². The van der Waals surface area contributed by atoms with Gasteiger partial charge in [-0.05, 0) is 28.1 Å². The highest BCUT2D eigenvalue weighted by atomic mass is 32.2. The Bertz CT molecular complexity index is 1760. The highest BCUT2D eigenvalue weighted by Gasteiger charge is 2.55. The van der Waals surface area contributed by atoms with Crippen LogP contribution in [0.4, 0.5) is 4.39 Å². The maximum absolute atomic E-state index is 14.2. The van der Waals surface area contributed by atoms with Crippen molar-refractivity contribution >= 4 is 52.5 Å². The van der Waals surface area contributed by atoms with Gasteiger partial charge < -0.3 is 25.8 Å². The Morgan fingerprint density at radius 1 is 1.26 bits per heavy atom. The van der Waals surface area contributed by atoms with Crippen LogP contribution in [0.2, 0.25) is 0 Å². The standard InChI is InChI=1S/C24H19FN8O7S2/c1-32-19(29-30-31-32)18(41)11-8-42-23-16(22(38)33(23)17(11)24(39)40)28-21(37)15(9-2-3-14(35)12(25)6-9)27-20(36)10-7-26-5-4-13(10)34/h2-7,15-16,23,35H,8H2,1H3,(H,26,34)(H,27,36)(H,28,37)(H,39,40)/t15?,16?,23-/m0/s1. The minimum absolute atomic E-state index is 0.0409. The van der Waals surface area contributed by atoms with Gasteiger partial charge >= 0.3 is 5.97 Å². The fraction of sp³-hybridized carbons (Fsp3) is 0.208. The Kier molecular flexibility index (Phi) is 7.57. The number of H-pyrrole nitrogens is 1. The van der Waals surface area contributed by atoms with Crippen LogP contribution in [0.15, 0.2) is 52.7 Å². The van der Waals surface area contributed by atoms with Gasteiger partial charge in [0.2, 0.25) is 5.91 Å². The number of carbonyl (C=O) groups is 4. The van der Waals surface area contributed by atoms with Crippen molar-refractivity contribution in [2.45, 2.75) is 17.5 Å². The van der Waals surface area contributed by atoms with E-state index in [0.717, 1.165) is 41.1 Å². The summed E-state index contributed by atoms with van der Waals surface area (Å²) in [5.41, 5.74) is -1.31. The number of carbonyl (C=O) groups excluding carboxylic acids is 3. The third-order valence-corrected chi connectivity index (χ3v) is 8.19. The summed E-state index contributed by atoms with van der Waals surface area (Å²) < 4.78 is 15.5. The predicted octanol–water partition coefficient (Wildman–Crippen LogP) is -0.629. The molecule has 0 saturated carbocycles. The van der Waals surface area contributed by atoms with Crippen molar-refractivity contribution in [3.05, 3.63) is 80.9 Å². The Balaban J connectivity index is 1.41. The fourth-order valence-electron chi connectivity index (χ4n) is 4.39. The molecule has 0 radical (unpaired) electrons. The quantitative estimate of drug-likeness (QED) is 0.122. The van der Waals surface area contributed by atoms with Crippen LogP contribution in [0.3, 0.4) is 0 Å². The van der Waals surface area contributed by atoms with Crippen LogP contribution in [-0.4, -0.2) is 86.0 Å². The second kappa shape index (κ2) is 11.1. The Labute approximate surface area is 243 Å². The molecule has 1 aromatic carbocycles. The molecule has 0 spiro atoms. The van der Waals surface area contributed by atoms with Crippen molar-refractivity contribution in [1.29, 1.82) is 0 Å². The molecule has 18 heteroatoms. The van der Waals surface area contributed by atoms with Crippen LogP contribution in [0.1, 0.15) is 27.8 Å². The highest BCUT2D eigenvalue weighted by Crippen LogP contribution is 2.41. The summed E-state index contributed by atoms with van der Waals surface area (Å²) >= 11 is 6.54. The molecule has 42 heavy (non-hydrogen) atoms. The van der Waals surface area contributed by atoms with Crippen LogP contribution in [-0.2, 0) is 21.4 Å². The Morgan fingerprint density at radius 3 is 2.67 bits per heavy atom. The molecule has 2 aromatic heterocycles.